The maximum atomic E-state index is 14.5. The molecule has 0 amide bonds. The van der Waals surface area contributed by atoms with Gasteiger partial charge in [0.25, 0.3) is 0 Å². The molecule has 0 atom stereocenters. The molecular weight excluding hydrogens is 539 g/mol. The number of halogens is 8. The molecule has 0 fully saturated rings. The van der Waals surface area contributed by atoms with E-state index in [9.17, 15) is 35.1 Å². The first-order valence-electron chi connectivity index (χ1n) is 9.42. The van der Waals surface area contributed by atoms with Crippen molar-refractivity contribution in [3.8, 4) is 11.5 Å². The minimum absolute atomic E-state index is 0.0372. The third-order valence-electron chi connectivity index (χ3n) is 5.02. The van der Waals surface area contributed by atoms with Gasteiger partial charge in [0.05, 0.1) is 0 Å². The van der Waals surface area contributed by atoms with Crippen LogP contribution in [0.15, 0.2) is 55.2 Å². The van der Waals surface area contributed by atoms with Crippen LogP contribution in [0.4, 0.5) is 35.1 Å². The van der Waals surface area contributed by atoms with Gasteiger partial charge in [0.1, 0.15) is 0 Å². The number of rotatable bonds is 6. The SMILES string of the molecule is Fc1cc(F)c(F)c([O][Zr]([O]c2c(F)c(F)cc(F)c2F)([C]2=CC=CC2)[C]2=CC=CC2)c1F. The molecule has 0 saturated carbocycles. The zero-order chi connectivity index (χ0) is 23.9. The van der Waals surface area contributed by atoms with Crippen molar-refractivity contribution in [1.82, 2.24) is 0 Å². The van der Waals surface area contributed by atoms with Gasteiger partial charge < -0.3 is 0 Å². The second-order valence-corrected chi connectivity index (χ2v) is 14.3. The molecule has 0 aromatic heterocycles. The molecule has 0 unspecified atom stereocenters. The van der Waals surface area contributed by atoms with Crippen LogP contribution in [0.3, 0.4) is 0 Å². The summed E-state index contributed by atoms with van der Waals surface area (Å²) in [6.45, 7) is 0. The molecule has 0 radical (unpaired) electrons. The van der Waals surface area contributed by atoms with Crippen molar-refractivity contribution in [2.75, 3.05) is 0 Å². The van der Waals surface area contributed by atoms with Crippen LogP contribution in [-0.4, -0.2) is 0 Å². The summed E-state index contributed by atoms with van der Waals surface area (Å²) >= 11 is -5.70. The Morgan fingerprint density at radius 1 is 0.545 bits per heavy atom. The fourth-order valence-corrected chi connectivity index (χ4v) is 11.6. The van der Waals surface area contributed by atoms with Crippen LogP contribution in [0.5, 0.6) is 11.5 Å². The summed E-state index contributed by atoms with van der Waals surface area (Å²) < 4.78 is 125. The Labute approximate surface area is 187 Å². The molecule has 4 rings (SSSR count). The van der Waals surface area contributed by atoms with E-state index in [4.69, 9.17) is 5.63 Å². The predicted octanol–water partition coefficient (Wildman–Crippen LogP) is 6.93. The van der Waals surface area contributed by atoms with Gasteiger partial charge in [-0.3, -0.25) is 0 Å². The van der Waals surface area contributed by atoms with Gasteiger partial charge in [0.15, 0.2) is 0 Å². The summed E-state index contributed by atoms with van der Waals surface area (Å²) in [6.07, 6.45) is 8.98. The molecule has 0 saturated heterocycles. The van der Waals surface area contributed by atoms with Gasteiger partial charge in [-0.15, -0.1) is 0 Å². The third-order valence-corrected chi connectivity index (χ3v) is 13.4. The monoisotopic (exact) mass is 550 g/mol. The number of benzene rings is 2. The van der Waals surface area contributed by atoms with Crippen molar-refractivity contribution in [1.29, 1.82) is 0 Å². The van der Waals surface area contributed by atoms with Crippen molar-refractivity contribution < 1.29 is 61.9 Å². The molecule has 172 valence electrons. The van der Waals surface area contributed by atoms with Crippen LogP contribution < -0.4 is 5.63 Å². The molecule has 33 heavy (non-hydrogen) atoms. The summed E-state index contributed by atoms with van der Waals surface area (Å²) in [5, 5.41) is 0. The number of hydrogen-bond donors (Lipinski definition) is 0. The molecule has 2 aromatic carbocycles. The summed E-state index contributed by atoms with van der Waals surface area (Å²) in [6, 6.07) is -0.0761. The Bertz CT molecular complexity index is 1120. The van der Waals surface area contributed by atoms with Gasteiger partial charge in [-0.25, -0.2) is 0 Å². The van der Waals surface area contributed by atoms with Gasteiger partial charge in [0, 0.05) is 0 Å². The Morgan fingerprint density at radius 3 is 1.15 bits per heavy atom. The van der Waals surface area contributed by atoms with E-state index in [0.29, 0.717) is 0 Å². The number of hydrogen-bond acceptors (Lipinski definition) is 2. The Balaban J connectivity index is 1.97. The van der Waals surface area contributed by atoms with Crippen molar-refractivity contribution in [2.45, 2.75) is 12.8 Å². The Kier molecular flexibility index (Phi) is 6.35. The molecular formula is C22H12F8O2Zr. The fraction of sp³-hybridized carbons (Fsp3) is 0.0909. The van der Waals surface area contributed by atoms with E-state index in [0.717, 1.165) is 0 Å². The molecule has 0 N–H and O–H groups in total. The van der Waals surface area contributed by atoms with E-state index in [1.807, 2.05) is 0 Å². The standard InChI is InChI=1S/2C6H2F4O.2C5H5.Zr/c2*7-2-1-3(8)5(10)6(11)4(2)9;2*1-2-4-5-3-1;/h2*1,11H;2*1-3H,4H2;/q;;;;+2/p-2. The van der Waals surface area contributed by atoms with Crippen LogP contribution in [0.2, 0.25) is 0 Å². The van der Waals surface area contributed by atoms with Gasteiger partial charge in [-0.1, -0.05) is 0 Å². The molecule has 2 aliphatic rings. The molecule has 2 aliphatic carbocycles. The molecule has 0 aliphatic heterocycles. The molecule has 0 bridgehead atoms. The normalized spacial score (nSPS) is 15.2. The zero-order valence-electron chi connectivity index (χ0n) is 16.4. The average molecular weight is 552 g/mol. The van der Waals surface area contributed by atoms with Crippen LogP contribution in [-0.2, 0) is 21.1 Å². The van der Waals surface area contributed by atoms with Crippen molar-refractivity contribution in [3.05, 3.63) is 102 Å². The summed E-state index contributed by atoms with van der Waals surface area (Å²) in [5.41, 5.74) is 0. The summed E-state index contributed by atoms with van der Waals surface area (Å²) in [4.78, 5) is 0. The molecule has 0 heterocycles. The first kappa shape index (κ1) is 23.5. The Morgan fingerprint density at radius 2 is 0.879 bits per heavy atom. The van der Waals surface area contributed by atoms with Crippen LogP contribution in [0.25, 0.3) is 0 Å². The predicted molar refractivity (Wildman–Crippen MR) is 97.5 cm³/mol. The van der Waals surface area contributed by atoms with E-state index in [-0.39, 0.29) is 31.5 Å². The van der Waals surface area contributed by atoms with Crippen LogP contribution in [0, 0.1) is 46.5 Å². The van der Waals surface area contributed by atoms with Crippen LogP contribution in [0.1, 0.15) is 12.8 Å². The minimum atomic E-state index is -5.70. The van der Waals surface area contributed by atoms with Crippen molar-refractivity contribution in [3.63, 3.8) is 0 Å². The summed E-state index contributed by atoms with van der Waals surface area (Å²) in [5.74, 6) is -17.7. The Hall–Kier alpha value is -2.68. The van der Waals surface area contributed by atoms with E-state index in [1.54, 1.807) is 12.2 Å². The first-order valence-corrected chi connectivity index (χ1v) is 13.9. The molecule has 2 aromatic rings. The fourth-order valence-electron chi connectivity index (χ4n) is 3.44. The van der Waals surface area contributed by atoms with Crippen LogP contribution >= 0.6 is 0 Å². The number of allylic oxidation sites excluding steroid dienone is 8. The topological polar surface area (TPSA) is 18.5 Å². The first-order chi connectivity index (χ1) is 15.7. The van der Waals surface area contributed by atoms with Gasteiger partial charge in [-0.2, -0.15) is 0 Å². The van der Waals surface area contributed by atoms with E-state index in [2.05, 4.69) is 0 Å². The van der Waals surface area contributed by atoms with Gasteiger partial charge in [0.2, 0.25) is 0 Å². The average Bonchev–Trinajstić information content (AvgIpc) is 3.50. The molecule has 0 spiro atoms. The maximum absolute atomic E-state index is 14.5. The summed E-state index contributed by atoms with van der Waals surface area (Å²) in [7, 11) is 0. The third kappa shape index (κ3) is 4.07. The van der Waals surface area contributed by atoms with E-state index in [1.165, 1.54) is 24.3 Å². The van der Waals surface area contributed by atoms with Crippen molar-refractivity contribution >= 4 is 0 Å². The van der Waals surface area contributed by atoms with Gasteiger partial charge >= 0.3 is 188 Å². The van der Waals surface area contributed by atoms with E-state index < -0.39 is 79.2 Å². The second kappa shape index (κ2) is 8.93. The van der Waals surface area contributed by atoms with E-state index >= 15 is 0 Å². The van der Waals surface area contributed by atoms with Gasteiger partial charge in [-0.05, 0) is 0 Å². The molecule has 2 nitrogen and oxygen atoms in total. The molecule has 11 heteroatoms. The van der Waals surface area contributed by atoms with Crippen molar-refractivity contribution in [2.24, 2.45) is 0 Å². The zero-order valence-corrected chi connectivity index (χ0v) is 18.8. The quantitative estimate of drug-likeness (QED) is 0.287. The second-order valence-electron chi connectivity index (χ2n) is 7.06.